The average molecular weight is 1550 g/mol. The van der Waals surface area contributed by atoms with Gasteiger partial charge in [-0.1, -0.05) is 82.3 Å². The number of phenolic OH excluding ortho intramolecular Hbond substituents is 1. The fourth-order valence-electron chi connectivity index (χ4n) is 11.1. The van der Waals surface area contributed by atoms with E-state index in [0.29, 0.717) is 34.0 Å². The van der Waals surface area contributed by atoms with Gasteiger partial charge in [0.25, 0.3) is 0 Å². The van der Waals surface area contributed by atoms with Gasteiger partial charge in [-0.05, 0) is 74.5 Å². The third-order valence-electron chi connectivity index (χ3n) is 16.8. The Morgan fingerprint density at radius 2 is 1.08 bits per heavy atom. The molecule has 1 aromatic heterocycles. The molecule has 0 unspecified atom stereocenters. The van der Waals surface area contributed by atoms with Gasteiger partial charge in [0.1, 0.15) is 48.0 Å². The van der Waals surface area contributed by atoms with E-state index in [1.165, 1.54) is 24.3 Å². The van der Waals surface area contributed by atoms with Crippen molar-refractivity contribution in [2.75, 3.05) is 96.6 Å². The van der Waals surface area contributed by atoms with Crippen LogP contribution in [0.25, 0.3) is 10.9 Å². The summed E-state index contributed by atoms with van der Waals surface area (Å²) in [6.07, 6.45) is -7.01. The number of unbranched alkanes of at least 4 members (excludes halogenated alkanes) is 1. The molecule has 3 aromatic carbocycles. The quantitative estimate of drug-likeness (QED) is 0.0224. The van der Waals surface area contributed by atoms with Crippen LogP contribution in [0.3, 0.4) is 0 Å². The number of carbonyl (C=O) groups is 13. The highest BCUT2D eigenvalue weighted by Gasteiger charge is 2.40. The molecule has 35 nitrogen and oxygen atoms in total. The Morgan fingerprint density at radius 1 is 0.589 bits per heavy atom. The molecular weight excluding hydrogens is 1460 g/mol. The number of amides is 8. The molecule has 3 heterocycles. The monoisotopic (exact) mass is 1550 g/mol. The molecule has 40 heteroatoms. The third-order valence-corrected chi connectivity index (χ3v) is 19.2. The molecule has 4 aromatic rings. The van der Waals surface area contributed by atoms with Gasteiger partial charge in [-0.15, -0.1) is 0 Å². The lowest BCUT2D eigenvalue weighted by Crippen LogP contribution is -2.62. The lowest BCUT2D eigenvalue weighted by molar-refractivity contribution is -0.192. The maximum atomic E-state index is 15.3. The van der Waals surface area contributed by atoms with Crippen LogP contribution in [0.15, 0.2) is 85.1 Å². The lowest BCUT2D eigenvalue weighted by atomic mass is 10.0. The normalized spacial score (nSPS) is 21.2. The van der Waals surface area contributed by atoms with Crippen molar-refractivity contribution in [2.45, 2.75) is 119 Å². The van der Waals surface area contributed by atoms with Gasteiger partial charge in [-0.2, -0.15) is 13.2 Å². The number of hydrogen-bond acceptors (Lipinski definition) is 23. The number of benzene rings is 3. The average Bonchev–Trinajstić information content (AvgIpc) is 1.78. The van der Waals surface area contributed by atoms with Crippen LogP contribution >= 0.6 is 21.6 Å². The number of aliphatic hydroxyl groups excluding tert-OH is 2. The Labute approximate surface area is 619 Å². The molecular formula is C67H91F3N14O21S2. The number of aliphatic hydroxyl groups is 2. The van der Waals surface area contributed by atoms with Gasteiger partial charge in [-0.3, -0.25) is 72.3 Å². The number of rotatable bonds is 26. The number of hydrogen-bond donors (Lipinski definition) is 18. The first-order valence-electron chi connectivity index (χ1n) is 33.8. The van der Waals surface area contributed by atoms with Crippen LogP contribution in [0.5, 0.6) is 5.75 Å². The number of nitrogens with two attached hydrogens (primary N) is 1. The van der Waals surface area contributed by atoms with Gasteiger partial charge in [0.15, 0.2) is 6.04 Å². The molecule has 588 valence electrons. The number of aromatic hydroxyl groups is 1. The van der Waals surface area contributed by atoms with Crippen LogP contribution < -0.4 is 48.3 Å². The number of aromatic amines is 1. The molecule has 0 saturated carbocycles. The third kappa shape index (κ3) is 31.0. The summed E-state index contributed by atoms with van der Waals surface area (Å²) in [5.74, 6) is -16.8. The van der Waals surface area contributed by atoms with Crippen LogP contribution in [0.1, 0.15) is 49.8 Å². The molecule has 2 saturated heterocycles. The number of H-pyrrole nitrogens is 1. The molecule has 6 rings (SSSR count). The number of carbonyl (C=O) groups excluding carboxylic acids is 8. The molecule has 0 bridgehead atoms. The molecule has 0 radical (unpaired) electrons. The summed E-state index contributed by atoms with van der Waals surface area (Å²) in [4.78, 5) is 184. The number of phenols is 1. The summed E-state index contributed by atoms with van der Waals surface area (Å²) < 4.78 is 31.7. The topological polar surface area (TPSA) is 535 Å². The first-order chi connectivity index (χ1) is 50.6. The molecule has 10 atom stereocenters. The van der Waals surface area contributed by atoms with E-state index in [1.54, 1.807) is 80.4 Å². The second-order valence-electron chi connectivity index (χ2n) is 25.3. The SMILES string of the molecule is C[C@@H](O)[C@H](NC(=O)[C@@H]1CSSC[C@H](NC(=O)[C@@H](Cc2ccccc2)NC(=O)CN2CCN(CC(=O)O)CCN(CC(=O)O)CCN(CC(=O)O)CC2)C(=O)N[C@@H](Cc2ccc(O)cc2)C(=O)N[C@H](Cc2c[nH]c3ccccc23)C(=O)N[C@@H](CCCCN)C(=O)N[C@@H]([C@@H](C)O)C(=O)N1)C(=O)O.O=C(O)C(F)(F)F. The Balaban J connectivity index is 0.00000279. The lowest BCUT2D eigenvalue weighted by Gasteiger charge is -2.33. The van der Waals surface area contributed by atoms with E-state index in [9.17, 15) is 92.1 Å². The number of alkyl halides is 3. The van der Waals surface area contributed by atoms with E-state index in [0.717, 1.165) is 35.4 Å². The van der Waals surface area contributed by atoms with Crippen LogP contribution in [-0.2, 0) is 81.6 Å². The zero-order valence-electron chi connectivity index (χ0n) is 58.4. The van der Waals surface area contributed by atoms with Crippen molar-refractivity contribution in [1.29, 1.82) is 0 Å². The highest BCUT2D eigenvalue weighted by Crippen LogP contribution is 2.25. The highest BCUT2D eigenvalue weighted by molar-refractivity contribution is 8.76. The minimum absolute atomic E-state index is 0.0426. The minimum atomic E-state index is -5.08. The van der Waals surface area contributed by atoms with Gasteiger partial charge in [0.2, 0.25) is 47.3 Å². The number of para-hydroxylation sites is 1. The minimum Gasteiger partial charge on any atom is -0.508 e. The van der Waals surface area contributed by atoms with Crippen molar-refractivity contribution >= 4 is 110 Å². The van der Waals surface area contributed by atoms with Crippen molar-refractivity contribution in [2.24, 2.45) is 5.73 Å². The molecule has 2 aliphatic rings. The molecule has 19 N–H and O–H groups in total. The number of nitrogens with zero attached hydrogens (tertiary/aromatic N) is 4. The summed E-state index contributed by atoms with van der Waals surface area (Å²) in [5, 5.41) is 99.5. The van der Waals surface area contributed by atoms with Crippen molar-refractivity contribution < 1.29 is 116 Å². The van der Waals surface area contributed by atoms with Gasteiger partial charge in [0, 0.05) is 100 Å². The molecule has 0 spiro atoms. The van der Waals surface area contributed by atoms with Crippen LogP contribution in [0, 0.1) is 0 Å². The Kier molecular flexibility index (Phi) is 36.0. The number of nitrogens with one attached hydrogen (secondary N) is 9. The zero-order chi connectivity index (χ0) is 79.1. The fraction of sp³-hybridized carbons (Fsp3) is 0.507. The van der Waals surface area contributed by atoms with E-state index in [1.807, 2.05) is 0 Å². The smallest absolute Gasteiger partial charge is 0.490 e. The summed E-state index contributed by atoms with van der Waals surface area (Å²) in [6.45, 7) is 1.38. The number of aromatic nitrogens is 1. The van der Waals surface area contributed by atoms with Gasteiger partial charge in [0.05, 0.1) is 38.4 Å². The molecule has 2 aliphatic heterocycles. The first kappa shape index (κ1) is 88.0. The maximum absolute atomic E-state index is 15.3. The first-order valence-corrected chi connectivity index (χ1v) is 36.3. The Morgan fingerprint density at radius 3 is 1.60 bits per heavy atom. The number of aliphatic carboxylic acids is 5. The Hall–Kier alpha value is -9.68. The summed E-state index contributed by atoms with van der Waals surface area (Å²) in [5.41, 5.74) is 7.96. The predicted octanol–water partition coefficient (Wildman–Crippen LogP) is -2.74. The van der Waals surface area contributed by atoms with Gasteiger partial charge >= 0.3 is 36.0 Å². The van der Waals surface area contributed by atoms with Crippen LogP contribution in [-0.4, -0.2) is 306 Å². The van der Waals surface area contributed by atoms with E-state index in [4.69, 9.17) is 15.6 Å². The van der Waals surface area contributed by atoms with Gasteiger partial charge in [-0.25, -0.2) is 9.59 Å². The second-order valence-corrected chi connectivity index (χ2v) is 27.8. The molecule has 2 fully saturated rings. The van der Waals surface area contributed by atoms with Crippen molar-refractivity contribution in [1.82, 2.24) is 67.1 Å². The number of carboxylic acid groups (broad SMARTS) is 5. The highest BCUT2D eigenvalue weighted by atomic mass is 33.1. The maximum Gasteiger partial charge on any atom is 0.490 e. The largest absolute Gasteiger partial charge is 0.508 e. The summed E-state index contributed by atoms with van der Waals surface area (Å²) in [7, 11) is 1.66. The zero-order valence-corrected chi connectivity index (χ0v) is 60.0. The molecule has 0 aliphatic carbocycles. The Bertz CT molecular complexity index is 3650. The fourth-order valence-corrected chi connectivity index (χ4v) is 13.4. The summed E-state index contributed by atoms with van der Waals surface area (Å²) in [6, 6.07) is 7.92. The van der Waals surface area contributed by atoms with E-state index in [2.05, 4.69) is 47.5 Å². The van der Waals surface area contributed by atoms with E-state index < -0.39 is 175 Å². The standard InChI is InChI=1S/C65H90N14O19S2.C2HF3O2/c1-38(80)56-64(96)73-51(63(95)75-57(39(2)81)65(97)98)37-100-99-36-50(72-59(91)47(28-40-10-4-3-5-11-40)68-52(83)32-76-20-22-77(33-53(84)85)24-26-79(35-55(88)89)27-25-78(23-21-76)34-54(86)87)62(94)70-48(29-41-15-17-43(82)18-16-41)60(92)71-49(30-42-31-67-45-13-7-6-12-44(42)45)61(93)69-46(58(90)74-56)14-8-9-19-66;3-2(4,5)1(6)7/h3-7,10-13,15-18,31,38-39,46-51,56-57,67,80-82H,8-9,14,19-30,32-37,66H2,1-2H3,(H,68,83)(H,69,93)(H,70,94)(H,71,92)(H,72,91)(H,73,96)(H,74,90)(H,75,95)(H,84,85)(H,86,87)(H,88,89)(H,97,98);(H,6,7)/t38-,39-,46+,47-,48+,49-,50+,51+,56+,57+;/m1./s1. The second kappa shape index (κ2) is 43.8. The summed E-state index contributed by atoms with van der Waals surface area (Å²) >= 11 is 0. The number of carboxylic acids is 5. The number of fused-ring (bicyclic) bond motifs is 1. The van der Waals surface area contributed by atoms with Crippen molar-refractivity contribution in [3.05, 3.63) is 102 Å². The van der Waals surface area contributed by atoms with E-state index >= 15 is 14.4 Å². The van der Waals surface area contributed by atoms with E-state index in [-0.39, 0.29) is 103 Å². The number of halogens is 3. The predicted molar refractivity (Wildman–Crippen MR) is 381 cm³/mol. The van der Waals surface area contributed by atoms with Crippen LogP contribution in [0.4, 0.5) is 13.2 Å². The van der Waals surface area contributed by atoms with Gasteiger partial charge < -0.3 is 94.1 Å². The molecule has 107 heavy (non-hydrogen) atoms. The molecule has 8 amide bonds. The van der Waals surface area contributed by atoms with Crippen molar-refractivity contribution in [3.63, 3.8) is 0 Å². The van der Waals surface area contributed by atoms with Crippen molar-refractivity contribution in [3.8, 4) is 5.75 Å². The van der Waals surface area contributed by atoms with Crippen LogP contribution in [0.2, 0.25) is 0 Å².